The van der Waals surface area contributed by atoms with Crippen molar-refractivity contribution in [2.24, 2.45) is 0 Å². The van der Waals surface area contributed by atoms with Crippen LogP contribution in [0.2, 0.25) is 0 Å². The number of nitrogens with zero attached hydrogens (tertiary/aromatic N) is 1. The Labute approximate surface area is 98.5 Å². The summed E-state index contributed by atoms with van der Waals surface area (Å²) in [5.74, 6) is -2.28. The number of aliphatic carboxylic acids is 1. The lowest BCUT2D eigenvalue weighted by Gasteiger charge is -2.17. The molecule has 1 aromatic heterocycles. The molecular formula is C9H9F3N2O4. The van der Waals surface area contributed by atoms with E-state index in [-0.39, 0.29) is 0 Å². The number of rotatable bonds is 3. The van der Waals surface area contributed by atoms with Gasteiger partial charge in [-0.15, -0.1) is 0 Å². The summed E-state index contributed by atoms with van der Waals surface area (Å²) in [6.07, 6.45) is -8.67. The van der Waals surface area contributed by atoms with Gasteiger partial charge in [0.1, 0.15) is 11.9 Å². The van der Waals surface area contributed by atoms with Crippen molar-refractivity contribution in [3.63, 3.8) is 0 Å². The number of hydrogen-bond donors (Lipinski definition) is 4. The Balaban J connectivity index is 3.20. The molecule has 2 unspecified atom stereocenters. The van der Waals surface area contributed by atoms with Crippen molar-refractivity contribution in [1.82, 2.24) is 4.98 Å². The van der Waals surface area contributed by atoms with Gasteiger partial charge in [-0.2, -0.15) is 13.2 Å². The fourth-order valence-corrected chi connectivity index (χ4v) is 1.19. The number of aliphatic hydroxyl groups excluding tert-OH is 2. The van der Waals surface area contributed by atoms with Crippen molar-refractivity contribution in [2.75, 3.05) is 5.73 Å². The monoisotopic (exact) mass is 266 g/mol. The Morgan fingerprint density at radius 2 is 1.94 bits per heavy atom. The smallest absolute Gasteiger partial charge is 0.417 e. The molecule has 0 saturated heterocycles. The summed E-state index contributed by atoms with van der Waals surface area (Å²) in [6.45, 7) is 0. The number of carboxylic acids is 1. The zero-order valence-electron chi connectivity index (χ0n) is 8.72. The van der Waals surface area contributed by atoms with E-state index in [0.29, 0.717) is 12.3 Å². The summed E-state index contributed by atoms with van der Waals surface area (Å²) in [7, 11) is 0. The second-order valence-corrected chi connectivity index (χ2v) is 3.42. The quantitative estimate of drug-likeness (QED) is 0.619. The summed E-state index contributed by atoms with van der Waals surface area (Å²) < 4.78 is 37.1. The Hall–Kier alpha value is -1.87. The van der Waals surface area contributed by atoms with Crippen LogP contribution in [0.4, 0.5) is 19.0 Å². The molecule has 9 heteroatoms. The van der Waals surface area contributed by atoms with Crippen molar-refractivity contribution in [3.8, 4) is 0 Å². The first-order valence-electron chi connectivity index (χ1n) is 4.56. The molecule has 5 N–H and O–H groups in total. The molecule has 100 valence electrons. The summed E-state index contributed by atoms with van der Waals surface area (Å²) in [4.78, 5) is 13.6. The third kappa shape index (κ3) is 2.87. The normalized spacial score (nSPS) is 15.2. The maximum absolute atomic E-state index is 12.4. The zero-order valence-corrected chi connectivity index (χ0v) is 8.72. The van der Waals surface area contributed by atoms with Crippen molar-refractivity contribution in [1.29, 1.82) is 0 Å². The SMILES string of the molecule is Nc1ncc(C(F)(F)F)cc1C(O)C(O)C(=O)O. The third-order valence-electron chi connectivity index (χ3n) is 2.15. The highest BCUT2D eigenvalue weighted by Gasteiger charge is 2.34. The summed E-state index contributed by atoms with van der Waals surface area (Å²) in [5.41, 5.74) is 3.43. The molecule has 0 aliphatic rings. The zero-order chi connectivity index (χ0) is 14.1. The van der Waals surface area contributed by atoms with E-state index in [0.717, 1.165) is 0 Å². The number of nitrogens with two attached hydrogens (primary N) is 1. The van der Waals surface area contributed by atoms with Crippen molar-refractivity contribution >= 4 is 11.8 Å². The molecule has 0 spiro atoms. The molecule has 0 fully saturated rings. The lowest BCUT2D eigenvalue weighted by Crippen LogP contribution is -2.28. The summed E-state index contributed by atoms with van der Waals surface area (Å²) in [5, 5.41) is 26.9. The van der Waals surface area contributed by atoms with Crippen molar-refractivity contribution < 1.29 is 33.3 Å². The molecule has 0 aromatic carbocycles. The van der Waals surface area contributed by atoms with Crippen LogP contribution in [0, 0.1) is 0 Å². The van der Waals surface area contributed by atoms with Gasteiger partial charge in [0.05, 0.1) is 5.56 Å². The molecule has 6 nitrogen and oxygen atoms in total. The maximum atomic E-state index is 12.4. The van der Waals surface area contributed by atoms with E-state index in [1.54, 1.807) is 0 Å². The van der Waals surface area contributed by atoms with Crippen LogP contribution < -0.4 is 5.73 Å². The predicted octanol–water partition coefficient (Wildman–Crippen LogP) is 0.162. The van der Waals surface area contributed by atoms with Crippen LogP contribution in [0.3, 0.4) is 0 Å². The number of halogens is 3. The van der Waals surface area contributed by atoms with E-state index < -0.39 is 41.3 Å². The fraction of sp³-hybridized carbons (Fsp3) is 0.333. The van der Waals surface area contributed by atoms with Gasteiger partial charge >= 0.3 is 12.1 Å². The van der Waals surface area contributed by atoms with E-state index >= 15 is 0 Å². The number of aromatic nitrogens is 1. The lowest BCUT2D eigenvalue weighted by atomic mass is 10.0. The molecule has 0 amide bonds. The Morgan fingerprint density at radius 3 is 2.39 bits per heavy atom. The molecule has 0 radical (unpaired) electrons. The second-order valence-electron chi connectivity index (χ2n) is 3.42. The number of aliphatic hydroxyl groups is 2. The van der Waals surface area contributed by atoms with Gasteiger partial charge in [0.15, 0.2) is 6.10 Å². The number of alkyl halides is 3. The minimum Gasteiger partial charge on any atom is -0.479 e. The standard InChI is InChI=1S/C9H9F3N2O4/c10-9(11,12)3-1-4(7(13)14-2-3)5(15)6(16)8(17)18/h1-2,5-6,15-16H,(H2,13,14)(H,17,18). The van der Waals surface area contributed by atoms with E-state index in [1.165, 1.54) is 0 Å². The minimum absolute atomic E-state index is 0.443. The highest BCUT2D eigenvalue weighted by Crippen LogP contribution is 2.32. The van der Waals surface area contributed by atoms with Gasteiger partial charge in [0, 0.05) is 11.8 Å². The fourth-order valence-electron chi connectivity index (χ4n) is 1.19. The average molecular weight is 266 g/mol. The molecule has 2 atom stereocenters. The average Bonchev–Trinajstić information content (AvgIpc) is 2.26. The molecule has 1 rings (SSSR count). The van der Waals surface area contributed by atoms with Crippen LogP contribution >= 0.6 is 0 Å². The van der Waals surface area contributed by atoms with Crippen LogP contribution in [-0.4, -0.2) is 32.4 Å². The highest BCUT2D eigenvalue weighted by atomic mass is 19.4. The molecule has 1 aromatic rings. The Morgan fingerprint density at radius 1 is 1.39 bits per heavy atom. The van der Waals surface area contributed by atoms with Crippen molar-refractivity contribution in [2.45, 2.75) is 18.4 Å². The van der Waals surface area contributed by atoms with E-state index in [2.05, 4.69) is 4.98 Å². The lowest BCUT2D eigenvalue weighted by molar-refractivity contribution is -0.153. The first-order chi connectivity index (χ1) is 8.14. The maximum Gasteiger partial charge on any atom is 0.417 e. The van der Waals surface area contributed by atoms with Crippen LogP contribution in [0.25, 0.3) is 0 Å². The minimum atomic E-state index is -4.72. The molecule has 0 aliphatic heterocycles. The number of nitrogen functional groups attached to an aromatic ring is 1. The Kier molecular flexibility index (Phi) is 3.77. The first-order valence-corrected chi connectivity index (χ1v) is 4.56. The van der Waals surface area contributed by atoms with E-state index in [1.807, 2.05) is 0 Å². The largest absolute Gasteiger partial charge is 0.479 e. The third-order valence-corrected chi connectivity index (χ3v) is 2.15. The summed E-state index contributed by atoms with van der Waals surface area (Å²) >= 11 is 0. The number of anilines is 1. The van der Waals surface area contributed by atoms with Crippen LogP contribution in [0.5, 0.6) is 0 Å². The van der Waals surface area contributed by atoms with Crippen LogP contribution in [0.1, 0.15) is 17.2 Å². The van der Waals surface area contributed by atoms with Crippen LogP contribution in [-0.2, 0) is 11.0 Å². The van der Waals surface area contributed by atoms with Gasteiger partial charge in [-0.3, -0.25) is 0 Å². The van der Waals surface area contributed by atoms with E-state index in [9.17, 15) is 23.1 Å². The van der Waals surface area contributed by atoms with Crippen molar-refractivity contribution in [3.05, 3.63) is 23.4 Å². The predicted molar refractivity (Wildman–Crippen MR) is 52.3 cm³/mol. The molecule has 0 aliphatic carbocycles. The molecule has 0 saturated carbocycles. The first kappa shape index (κ1) is 14.2. The molecule has 1 heterocycles. The Bertz CT molecular complexity index is 464. The van der Waals surface area contributed by atoms with Crippen LogP contribution in [0.15, 0.2) is 12.3 Å². The van der Waals surface area contributed by atoms with Gasteiger partial charge in [0.25, 0.3) is 0 Å². The highest BCUT2D eigenvalue weighted by molar-refractivity contribution is 5.73. The van der Waals surface area contributed by atoms with Gasteiger partial charge in [-0.25, -0.2) is 9.78 Å². The second kappa shape index (κ2) is 4.78. The molecule has 18 heavy (non-hydrogen) atoms. The molecular weight excluding hydrogens is 257 g/mol. The van der Waals surface area contributed by atoms with Gasteiger partial charge in [-0.1, -0.05) is 0 Å². The topological polar surface area (TPSA) is 117 Å². The molecule has 0 bridgehead atoms. The van der Waals surface area contributed by atoms with Gasteiger partial charge in [-0.05, 0) is 6.07 Å². The number of carbonyl (C=O) groups is 1. The van der Waals surface area contributed by atoms with Gasteiger partial charge in [0.2, 0.25) is 0 Å². The van der Waals surface area contributed by atoms with E-state index in [4.69, 9.17) is 15.9 Å². The van der Waals surface area contributed by atoms with Gasteiger partial charge < -0.3 is 21.1 Å². The summed E-state index contributed by atoms with van der Waals surface area (Å²) in [6, 6.07) is 0.444. The number of carboxylic acid groups (broad SMARTS) is 1. The number of pyridine rings is 1. The number of hydrogen-bond acceptors (Lipinski definition) is 5.